The van der Waals surface area contributed by atoms with Gasteiger partial charge in [0.25, 0.3) is 0 Å². The predicted octanol–water partition coefficient (Wildman–Crippen LogP) is 23.3. The van der Waals surface area contributed by atoms with Gasteiger partial charge in [-0.25, -0.2) is 9.13 Å². The summed E-state index contributed by atoms with van der Waals surface area (Å²) in [5.74, 6) is -1.36. The highest BCUT2D eigenvalue weighted by atomic mass is 31.2. The molecule has 17 nitrogen and oxygen atoms in total. The Kier molecular flexibility index (Phi) is 69.6. The van der Waals surface area contributed by atoms with Crippen molar-refractivity contribution in [1.82, 2.24) is 0 Å². The Balaban J connectivity index is 5.20. The van der Waals surface area contributed by atoms with Gasteiger partial charge in [0, 0.05) is 25.7 Å². The minimum atomic E-state index is -4.96. The molecule has 576 valence electrons. The van der Waals surface area contributed by atoms with Gasteiger partial charge in [0.15, 0.2) is 12.2 Å². The van der Waals surface area contributed by atoms with Gasteiger partial charge in [-0.2, -0.15) is 0 Å². The molecule has 0 aromatic heterocycles. The second-order valence-corrected chi connectivity index (χ2v) is 31.5. The minimum Gasteiger partial charge on any atom is -0.462 e. The van der Waals surface area contributed by atoms with Crippen LogP contribution in [0.1, 0.15) is 413 Å². The van der Waals surface area contributed by atoms with Crippen molar-refractivity contribution < 1.29 is 80.2 Å². The summed E-state index contributed by atoms with van der Waals surface area (Å²) < 4.78 is 68.5. The summed E-state index contributed by atoms with van der Waals surface area (Å²) in [7, 11) is -9.91. The zero-order valence-corrected chi connectivity index (χ0v) is 65.0. The zero-order valence-electron chi connectivity index (χ0n) is 63.2. The van der Waals surface area contributed by atoms with Crippen LogP contribution >= 0.6 is 15.6 Å². The first-order chi connectivity index (χ1) is 47.0. The van der Waals surface area contributed by atoms with Crippen LogP contribution in [0.25, 0.3) is 0 Å². The number of hydrogen-bond donors (Lipinski definition) is 3. The standard InChI is InChI=1S/C78H152O17P2/c1-6-9-12-15-18-21-23-25-27-29-31-33-35-37-42-47-52-57-62-76(81)89-68-74(95-77(82)63-58-53-48-43-38-36-34-32-30-28-26-24-22-19-16-13-10-7-2)70-93-97(86,87)91-66-72(79)65-90-96(84,85)92-69-73(67-88-75(80)61-56-51-46-20-17-14-11-8-3)94-78(83)64-59-54-49-44-40-39-41-45-50-55-60-71(4)5/h71-74,79H,6-70H2,1-5H3,(H,84,85)(H,86,87)/t72-,73+,74+/m0/s1. The van der Waals surface area contributed by atoms with E-state index in [1.807, 2.05) is 0 Å². The molecule has 0 aliphatic heterocycles. The molecule has 97 heavy (non-hydrogen) atoms. The average Bonchev–Trinajstić information content (AvgIpc) is 1.19. The van der Waals surface area contributed by atoms with Gasteiger partial charge in [-0.15, -0.1) is 0 Å². The van der Waals surface area contributed by atoms with Gasteiger partial charge < -0.3 is 33.8 Å². The number of phosphoric ester groups is 2. The quantitative estimate of drug-likeness (QED) is 0.0222. The van der Waals surface area contributed by atoms with Gasteiger partial charge in [-0.3, -0.25) is 37.3 Å². The molecule has 0 saturated heterocycles. The summed E-state index contributed by atoms with van der Waals surface area (Å²) in [6.07, 6.45) is 61.1. The van der Waals surface area contributed by atoms with Gasteiger partial charge in [0.1, 0.15) is 19.3 Å². The van der Waals surface area contributed by atoms with Crippen LogP contribution in [0.2, 0.25) is 0 Å². The van der Waals surface area contributed by atoms with Gasteiger partial charge in [-0.1, -0.05) is 362 Å². The normalized spacial score (nSPS) is 13.9. The molecule has 0 rings (SSSR count). The highest BCUT2D eigenvalue weighted by molar-refractivity contribution is 7.47. The fourth-order valence-corrected chi connectivity index (χ4v) is 13.6. The van der Waals surface area contributed by atoms with Gasteiger partial charge in [-0.05, 0) is 31.6 Å². The number of hydrogen-bond acceptors (Lipinski definition) is 15. The van der Waals surface area contributed by atoms with E-state index in [2.05, 4.69) is 34.6 Å². The molecule has 0 aliphatic carbocycles. The van der Waals surface area contributed by atoms with E-state index >= 15 is 0 Å². The number of unbranched alkanes of at least 4 members (excludes halogenated alkanes) is 50. The van der Waals surface area contributed by atoms with Crippen LogP contribution in [0.3, 0.4) is 0 Å². The fraction of sp³-hybridized carbons (Fsp3) is 0.949. The molecule has 0 heterocycles. The van der Waals surface area contributed by atoms with E-state index in [-0.39, 0.29) is 25.7 Å². The van der Waals surface area contributed by atoms with E-state index in [1.165, 1.54) is 231 Å². The van der Waals surface area contributed by atoms with Crippen molar-refractivity contribution in [1.29, 1.82) is 0 Å². The summed E-state index contributed by atoms with van der Waals surface area (Å²) >= 11 is 0. The number of esters is 4. The Morgan fingerprint density at radius 3 is 0.701 bits per heavy atom. The third-order valence-corrected chi connectivity index (χ3v) is 20.2. The molecule has 5 atom stereocenters. The second-order valence-electron chi connectivity index (χ2n) is 28.6. The van der Waals surface area contributed by atoms with Gasteiger partial charge >= 0.3 is 39.5 Å². The Hall–Kier alpha value is -1.94. The molecule has 2 unspecified atom stereocenters. The van der Waals surface area contributed by atoms with E-state index in [0.717, 1.165) is 102 Å². The molecular formula is C78H152O17P2. The Bertz CT molecular complexity index is 1860. The summed E-state index contributed by atoms with van der Waals surface area (Å²) in [4.78, 5) is 72.8. The van der Waals surface area contributed by atoms with Crippen LogP contribution in [0.5, 0.6) is 0 Å². The van der Waals surface area contributed by atoms with Crippen molar-refractivity contribution in [3.8, 4) is 0 Å². The number of phosphoric acid groups is 2. The van der Waals surface area contributed by atoms with E-state index in [9.17, 15) is 43.2 Å². The first kappa shape index (κ1) is 95.1. The molecule has 0 fully saturated rings. The molecule has 0 radical (unpaired) electrons. The maximum Gasteiger partial charge on any atom is 0.472 e. The first-order valence-electron chi connectivity index (χ1n) is 40.6. The highest BCUT2D eigenvalue weighted by Gasteiger charge is 2.30. The lowest BCUT2D eigenvalue weighted by Gasteiger charge is -2.21. The Morgan fingerprint density at radius 2 is 0.474 bits per heavy atom. The third-order valence-electron chi connectivity index (χ3n) is 18.3. The summed E-state index contributed by atoms with van der Waals surface area (Å²) in [6.45, 7) is 7.27. The molecule has 0 aromatic carbocycles. The molecule has 3 N–H and O–H groups in total. The minimum absolute atomic E-state index is 0.106. The Labute approximate surface area is 594 Å². The monoisotopic (exact) mass is 1420 g/mol. The van der Waals surface area contributed by atoms with Crippen LogP contribution in [0.4, 0.5) is 0 Å². The SMILES string of the molecule is CCCCCCCCCCCCCCCCCCCCC(=O)OC[C@H](COP(=O)(O)OC[C@@H](O)COP(=O)(O)OC[C@@H](COC(=O)CCCCCCCCCC)OC(=O)CCCCCCCCCCCCC(C)C)OC(=O)CCCCCCCCCCCCCCCCCCCC. The van der Waals surface area contributed by atoms with Crippen LogP contribution in [0.15, 0.2) is 0 Å². The lowest BCUT2D eigenvalue weighted by Crippen LogP contribution is -2.30. The number of carbonyl (C=O) groups is 4. The smallest absolute Gasteiger partial charge is 0.462 e. The first-order valence-corrected chi connectivity index (χ1v) is 43.6. The van der Waals surface area contributed by atoms with Crippen molar-refractivity contribution in [2.75, 3.05) is 39.6 Å². The molecule has 19 heteroatoms. The molecular weight excluding hydrogens is 1270 g/mol. The van der Waals surface area contributed by atoms with Crippen molar-refractivity contribution in [3.63, 3.8) is 0 Å². The number of carbonyl (C=O) groups excluding carboxylic acids is 4. The predicted molar refractivity (Wildman–Crippen MR) is 395 cm³/mol. The zero-order chi connectivity index (χ0) is 71.2. The van der Waals surface area contributed by atoms with Crippen molar-refractivity contribution in [2.45, 2.75) is 432 Å². The number of aliphatic hydroxyl groups excluding tert-OH is 1. The van der Waals surface area contributed by atoms with Crippen LogP contribution in [-0.4, -0.2) is 96.7 Å². The Morgan fingerprint density at radius 1 is 0.278 bits per heavy atom. The summed E-state index contributed by atoms with van der Waals surface area (Å²) in [5, 5.41) is 10.6. The maximum atomic E-state index is 13.1. The molecule has 0 spiro atoms. The van der Waals surface area contributed by atoms with Crippen LogP contribution in [0, 0.1) is 5.92 Å². The molecule has 0 aliphatic rings. The molecule has 0 aromatic rings. The van der Waals surface area contributed by atoms with Crippen molar-refractivity contribution >= 4 is 39.5 Å². The van der Waals surface area contributed by atoms with E-state index in [0.29, 0.717) is 25.7 Å². The second kappa shape index (κ2) is 71.1. The third kappa shape index (κ3) is 72.2. The lowest BCUT2D eigenvalue weighted by atomic mass is 10.0. The molecule has 0 bridgehead atoms. The largest absolute Gasteiger partial charge is 0.472 e. The number of rotatable bonds is 78. The van der Waals surface area contributed by atoms with E-state index in [1.54, 1.807) is 0 Å². The topological polar surface area (TPSA) is 237 Å². The summed E-state index contributed by atoms with van der Waals surface area (Å²) in [6, 6.07) is 0. The average molecular weight is 1420 g/mol. The lowest BCUT2D eigenvalue weighted by molar-refractivity contribution is -0.161. The van der Waals surface area contributed by atoms with E-state index in [4.69, 9.17) is 37.0 Å². The van der Waals surface area contributed by atoms with Gasteiger partial charge in [0.05, 0.1) is 26.4 Å². The number of ether oxygens (including phenoxy) is 4. The maximum absolute atomic E-state index is 13.1. The summed E-state index contributed by atoms with van der Waals surface area (Å²) in [5.41, 5.74) is 0. The van der Waals surface area contributed by atoms with Crippen molar-refractivity contribution in [3.05, 3.63) is 0 Å². The fourth-order valence-electron chi connectivity index (χ4n) is 12.1. The number of aliphatic hydroxyl groups is 1. The highest BCUT2D eigenvalue weighted by Crippen LogP contribution is 2.45. The molecule has 0 amide bonds. The van der Waals surface area contributed by atoms with Crippen LogP contribution in [-0.2, 0) is 65.4 Å². The van der Waals surface area contributed by atoms with Crippen LogP contribution < -0.4 is 0 Å². The van der Waals surface area contributed by atoms with Crippen molar-refractivity contribution in [2.24, 2.45) is 5.92 Å². The van der Waals surface area contributed by atoms with Gasteiger partial charge in [0.2, 0.25) is 0 Å². The van der Waals surface area contributed by atoms with E-state index < -0.39 is 97.5 Å². The molecule has 0 saturated carbocycles.